The summed E-state index contributed by atoms with van der Waals surface area (Å²) in [7, 11) is 2.50. The summed E-state index contributed by atoms with van der Waals surface area (Å²) in [6.45, 7) is 0. The number of pyridine rings is 1. The molecule has 150 valence electrons. The maximum Gasteiger partial charge on any atom is 0.355 e. The first-order valence-corrected chi connectivity index (χ1v) is 8.99. The summed E-state index contributed by atoms with van der Waals surface area (Å²) in [5.41, 5.74) is 2.43. The molecule has 0 radical (unpaired) electrons. The number of nitrogens with zero attached hydrogens (tertiary/aromatic N) is 3. The number of benzene rings is 1. The molecule has 0 aliphatic carbocycles. The fraction of sp³-hybridized carbons (Fsp3) is 0.0909. The zero-order valence-corrected chi connectivity index (χ0v) is 16.2. The number of esters is 2. The van der Waals surface area contributed by atoms with Gasteiger partial charge >= 0.3 is 11.9 Å². The highest BCUT2D eigenvalue weighted by Gasteiger charge is 2.27. The smallest absolute Gasteiger partial charge is 0.355 e. The van der Waals surface area contributed by atoms with Crippen molar-refractivity contribution in [2.24, 2.45) is 0 Å². The minimum Gasteiger partial charge on any atom is -0.465 e. The number of allylic oxidation sites excluding steroid dienone is 2. The number of rotatable bonds is 4. The molecule has 8 heteroatoms. The highest BCUT2D eigenvalue weighted by Crippen LogP contribution is 2.30. The van der Waals surface area contributed by atoms with E-state index in [-0.39, 0.29) is 11.3 Å². The van der Waals surface area contributed by atoms with Gasteiger partial charge in [-0.05, 0) is 42.5 Å². The molecule has 0 saturated carbocycles. The average molecular weight is 403 g/mol. The normalized spacial score (nSPS) is 13.5. The van der Waals surface area contributed by atoms with E-state index >= 15 is 0 Å². The number of fused-ring (bicyclic) bond motifs is 1. The molecule has 1 aliphatic rings. The van der Waals surface area contributed by atoms with Gasteiger partial charge in [-0.1, -0.05) is 12.1 Å². The number of methoxy groups -OCH3 is 2. The lowest BCUT2D eigenvalue weighted by Crippen LogP contribution is -2.26. The molecule has 30 heavy (non-hydrogen) atoms. The van der Waals surface area contributed by atoms with Crippen molar-refractivity contribution in [1.82, 2.24) is 9.97 Å². The number of carbonyl (C=O) groups is 2. The maximum absolute atomic E-state index is 12.5. The molecule has 2 aromatic heterocycles. The van der Waals surface area contributed by atoms with Gasteiger partial charge in [-0.2, -0.15) is 0 Å². The second kappa shape index (κ2) is 8.04. The van der Waals surface area contributed by atoms with Crippen LogP contribution in [0.2, 0.25) is 0 Å². The zero-order valence-electron chi connectivity index (χ0n) is 16.2. The van der Waals surface area contributed by atoms with E-state index in [1.54, 1.807) is 53.7 Å². The number of carbonyl (C=O) groups excluding carboxylic acids is 2. The van der Waals surface area contributed by atoms with E-state index in [4.69, 9.17) is 13.9 Å². The van der Waals surface area contributed by atoms with Gasteiger partial charge in [0.2, 0.25) is 5.89 Å². The molecule has 8 nitrogen and oxygen atoms in total. The molecule has 1 aromatic carbocycles. The molecule has 3 heterocycles. The van der Waals surface area contributed by atoms with Crippen LogP contribution in [0.1, 0.15) is 0 Å². The molecule has 0 saturated heterocycles. The van der Waals surface area contributed by atoms with Gasteiger partial charge in [0.15, 0.2) is 5.58 Å². The lowest BCUT2D eigenvalue weighted by molar-refractivity contribution is -0.139. The highest BCUT2D eigenvalue weighted by atomic mass is 16.5. The van der Waals surface area contributed by atoms with Gasteiger partial charge in [0.05, 0.1) is 19.8 Å². The van der Waals surface area contributed by atoms with E-state index in [1.165, 1.54) is 20.3 Å². The second-order valence-corrected chi connectivity index (χ2v) is 6.20. The van der Waals surface area contributed by atoms with Gasteiger partial charge in [0, 0.05) is 18.1 Å². The van der Waals surface area contributed by atoms with Gasteiger partial charge in [-0.15, -0.1) is 0 Å². The number of aromatic nitrogens is 2. The van der Waals surface area contributed by atoms with Crippen LogP contribution >= 0.6 is 0 Å². The van der Waals surface area contributed by atoms with Gasteiger partial charge in [0.25, 0.3) is 0 Å². The minimum atomic E-state index is -0.680. The first-order valence-electron chi connectivity index (χ1n) is 8.99. The molecular formula is C22H17N3O5. The summed E-state index contributed by atoms with van der Waals surface area (Å²) in [6, 6.07) is 10.7. The minimum absolute atomic E-state index is 0.0298. The standard InChI is InChI=1S/C22H17N3O5/c1-28-21(26)15-7-4-6-12-25(19(15)22(27)29-2)14-9-10-18-17(13-14)24-20(30-18)16-8-3-5-11-23-16/h3-13H,1-2H3. The molecular weight excluding hydrogens is 386 g/mol. The Hall–Kier alpha value is -4.20. The number of anilines is 1. The number of oxazole rings is 1. The van der Waals surface area contributed by atoms with Crippen molar-refractivity contribution >= 4 is 28.7 Å². The molecule has 1 aliphatic heterocycles. The third-order valence-electron chi connectivity index (χ3n) is 4.42. The van der Waals surface area contributed by atoms with Gasteiger partial charge in [-0.25, -0.2) is 14.6 Å². The highest BCUT2D eigenvalue weighted by molar-refractivity contribution is 6.05. The first kappa shape index (κ1) is 19.1. The summed E-state index contributed by atoms with van der Waals surface area (Å²) < 4.78 is 15.5. The Morgan fingerprint density at radius 2 is 1.87 bits per heavy atom. The molecule has 0 unspecified atom stereocenters. The molecule has 4 rings (SSSR count). The summed E-state index contributed by atoms with van der Waals surface area (Å²) in [5.74, 6) is -0.948. The largest absolute Gasteiger partial charge is 0.465 e. The summed E-state index contributed by atoms with van der Waals surface area (Å²) in [5, 5.41) is 0. The maximum atomic E-state index is 12.5. The quantitative estimate of drug-likeness (QED) is 0.612. The van der Waals surface area contributed by atoms with Crippen LogP contribution < -0.4 is 4.90 Å². The van der Waals surface area contributed by atoms with E-state index in [9.17, 15) is 9.59 Å². The summed E-state index contributed by atoms with van der Waals surface area (Å²) in [4.78, 5) is 35.1. The van der Waals surface area contributed by atoms with E-state index in [0.29, 0.717) is 28.4 Å². The summed E-state index contributed by atoms with van der Waals surface area (Å²) in [6.07, 6.45) is 8.16. The Bertz CT molecular complexity index is 1210. The number of hydrogen-bond acceptors (Lipinski definition) is 8. The van der Waals surface area contributed by atoms with Crippen molar-refractivity contribution in [3.05, 3.63) is 78.3 Å². The molecule has 0 amide bonds. The molecule has 0 atom stereocenters. The van der Waals surface area contributed by atoms with Crippen LogP contribution in [-0.2, 0) is 19.1 Å². The van der Waals surface area contributed by atoms with E-state index in [1.807, 2.05) is 12.1 Å². The van der Waals surface area contributed by atoms with Crippen LogP contribution in [0.4, 0.5) is 5.69 Å². The second-order valence-electron chi connectivity index (χ2n) is 6.20. The topological polar surface area (TPSA) is 94.8 Å². The Balaban J connectivity index is 1.82. The molecule has 0 spiro atoms. The molecule has 0 bridgehead atoms. The van der Waals surface area contributed by atoms with Crippen LogP contribution in [0.25, 0.3) is 22.7 Å². The first-order chi connectivity index (χ1) is 14.6. The monoisotopic (exact) mass is 403 g/mol. The Kier molecular flexibility index (Phi) is 5.13. The lowest BCUT2D eigenvalue weighted by Gasteiger charge is -2.22. The number of ether oxygens (including phenoxy) is 2. The summed E-state index contributed by atoms with van der Waals surface area (Å²) >= 11 is 0. The average Bonchev–Trinajstić information content (AvgIpc) is 3.09. The van der Waals surface area contributed by atoms with Crippen LogP contribution in [0, 0.1) is 0 Å². The van der Waals surface area contributed by atoms with Crippen molar-refractivity contribution in [2.45, 2.75) is 0 Å². The van der Waals surface area contributed by atoms with Crippen molar-refractivity contribution in [3.8, 4) is 11.6 Å². The lowest BCUT2D eigenvalue weighted by atomic mass is 10.1. The zero-order chi connectivity index (χ0) is 21.1. The van der Waals surface area contributed by atoms with Crippen LogP contribution in [-0.4, -0.2) is 36.1 Å². The van der Waals surface area contributed by atoms with Gasteiger partial charge in [-0.3, -0.25) is 4.98 Å². The Morgan fingerprint density at radius 3 is 2.60 bits per heavy atom. The third kappa shape index (κ3) is 3.46. The van der Waals surface area contributed by atoms with Crippen LogP contribution in [0.5, 0.6) is 0 Å². The fourth-order valence-corrected chi connectivity index (χ4v) is 3.03. The predicted octanol–water partition coefficient (Wildman–Crippen LogP) is 3.38. The molecule has 3 aromatic rings. The third-order valence-corrected chi connectivity index (χ3v) is 4.42. The van der Waals surface area contributed by atoms with E-state index in [0.717, 1.165) is 0 Å². The SMILES string of the molecule is COC(=O)C1=C(C(=O)OC)N(c2ccc3oc(-c4ccccn4)nc3c2)C=CC=C1. The Morgan fingerprint density at radius 1 is 1.03 bits per heavy atom. The van der Waals surface area contributed by atoms with Crippen molar-refractivity contribution < 1.29 is 23.5 Å². The van der Waals surface area contributed by atoms with E-state index < -0.39 is 11.9 Å². The predicted molar refractivity (Wildman–Crippen MR) is 109 cm³/mol. The number of hydrogen-bond donors (Lipinski definition) is 0. The molecule has 0 N–H and O–H groups in total. The Labute approximate surface area is 171 Å². The van der Waals surface area contributed by atoms with Crippen molar-refractivity contribution in [1.29, 1.82) is 0 Å². The molecule has 0 fully saturated rings. The van der Waals surface area contributed by atoms with Crippen molar-refractivity contribution in [3.63, 3.8) is 0 Å². The van der Waals surface area contributed by atoms with Crippen molar-refractivity contribution in [2.75, 3.05) is 19.1 Å². The van der Waals surface area contributed by atoms with E-state index in [2.05, 4.69) is 9.97 Å². The van der Waals surface area contributed by atoms with Crippen LogP contribution in [0.3, 0.4) is 0 Å². The fourth-order valence-electron chi connectivity index (χ4n) is 3.03. The van der Waals surface area contributed by atoms with Gasteiger partial charge in [0.1, 0.15) is 16.9 Å². The van der Waals surface area contributed by atoms with Gasteiger partial charge < -0.3 is 18.8 Å². The van der Waals surface area contributed by atoms with Crippen LogP contribution in [0.15, 0.2) is 82.7 Å².